The van der Waals surface area contributed by atoms with E-state index in [0.29, 0.717) is 6.10 Å². The average molecular weight is 291 g/mol. The zero-order chi connectivity index (χ0) is 13.8. The third-order valence-corrected chi connectivity index (χ3v) is 5.99. The fourth-order valence-corrected chi connectivity index (χ4v) is 4.62. The molecule has 1 saturated heterocycles. The van der Waals surface area contributed by atoms with Crippen LogP contribution in [0, 0.1) is 0 Å². The van der Waals surface area contributed by atoms with Crippen molar-refractivity contribution >= 4 is 11.8 Å². The Bertz CT molecular complexity index is 419. The van der Waals surface area contributed by atoms with Crippen LogP contribution >= 0.6 is 11.8 Å². The standard InChI is InChI=1S/C17H25NOS/c18-13-17(9-2-1-3-10-17)14-4-6-15(7-5-14)19-16-8-11-20-12-16/h4-7,16H,1-3,8-13,18H2. The molecule has 0 amide bonds. The van der Waals surface area contributed by atoms with Crippen LogP contribution < -0.4 is 10.5 Å². The Morgan fingerprint density at radius 2 is 1.90 bits per heavy atom. The molecule has 2 nitrogen and oxygen atoms in total. The first-order valence-corrected chi connectivity index (χ1v) is 9.03. The molecule has 20 heavy (non-hydrogen) atoms. The Morgan fingerprint density at radius 1 is 1.15 bits per heavy atom. The molecule has 0 radical (unpaired) electrons. The maximum absolute atomic E-state index is 6.11. The second-order valence-electron chi connectivity index (χ2n) is 6.17. The van der Waals surface area contributed by atoms with Crippen molar-refractivity contribution in [3.63, 3.8) is 0 Å². The fourth-order valence-electron chi connectivity index (χ4n) is 3.52. The molecule has 1 aromatic carbocycles. The quantitative estimate of drug-likeness (QED) is 0.918. The van der Waals surface area contributed by atoms with Crippen LogP contribution in [0.2, 0.25) is 0 Å². The zero-order valence-electron chi connectivity index (χ0n) is 12.1. The van der Waals surface area contributed by atoms with Gasteiger partial charge in [-0.3, -0.25) is 0 Å². The van der Waals surface area contributed by atoms with Crippen LogP contribution in [0.5, 0.6) is 5.75 Å². The molecule has 2 aliphatic rings. The van der Waals surface area contributed by atoms with Crippen LogP contribution in [0.15, 0.2) is 24.3 Å². The Hall–Kier alpha value is -0.670. The minimum absolute atomic E-state index is 0.222. The summed E-state index contributed by atoms with van der Waals surface area (Å²) in [6, 6.07) is 8.78. The van der Waals surface area contributed by atoms with Gasteiger partial charge in [0.2, 0.25) is 0 Å². The van der Waals surface area contributed by atoms with E-state index in [-0.39, 0.29) is 5.41 Å². The van der Waals surface area contributed by atoms with Crippen molar-refractivity contribution in [2.45, 2.75) is 50.0 Å². The number of thioether (sulfide) groups is 1. The Kier molecular flexibility index (Phi) is 4.57. The smallest absolute Gasteiger partial charge is 0.119 e. The molecule has 0 spiro atoms. The minimum Gasteiger partial charge on any atom is -0.490 e. The summed E-state index contributed by atoms with van der Waals surface area (Å²) in [6.45, 7) is 0.770. The molecule has 2 N–H and O–H groups in total. The highest BCUT2D eigenvalue weighted by Gasteiger charge is 2.32. The summed E-state index contributed by atoms with van der Waals surface area (Å²) >= 11 is 1.99. The molecule has 3 rings (SSSR count). The van der Waals surface area contributed by atoms with Crippen molar-refractivity contribution in [2.24, 2.45) is 5.73 Å². The van der Waals surface area contributed by atoms with E-state index in [4.69, 9.17) is 10.5 Å². The highest BCUT2D eigenvalue weighted by Crippen LogP contribution is 2.39. The lowest BCUT2D eigenvalue weighted by atomic mass is 9.69. The fraction of sp³-hybridized carbons (Fsp3) is 0.647. The summed E-state index contributed by atoms with van der Waals surface area (Å²) in [5.41, 5.74) is 7.74. The van der Waals surface area contributed by atoms with Gasteiger partial charge >= 0.3 is 0 Å². The van der Waals surface area contributed by atoms with Crippen LogP contribution in [-0.4, -0.2) is 24.2 Å². The summed E-state index contributed by atoms with van der Waals surface area (Å²) in [6.07, 6.45) is 8.06. The van der Waals surface area contributed by atoms with E-state index in [9.17, 15) is 0 Å². The number of benzene rings is 1. The van der Waals surface area contributed by atoms with Crippen molar-refractivity contribution in [3.8, 4) is 5.75 Å². The zero-order valence-corrected chi connectivity index (χ0v) is 13.0. The third-order valence-electron chi connectivity index (χ3n) is 4.86. The molecule has 1 aromatic rings. The molecular formula is C17H25NOS. The Labute approximate surface area is 126 Å². The van der Waals surface area contributed by atoms with Crippen LogP contribution in [0.3, 0.4) is 0 Å². The van der Waals surface area contributed by atoms with Crippen LogP contribution in [0.25, 0.3) is 0 Å². The molecule has 0 bridgehead atoms. The van der Waals surface area contributed by atoms with Gasteiger partial charge in [-0.25, -0.2) is 0 Å². The molecular weight excluding hydrogens is 266 g/mol. The van der Waals surface area contributed by atoms with Crippen molar-refractivity contribution in [1.82, 2.24) is 0 Å². The van der Waals surface area contributed by atoms with Crippen LogP contribution in [0.1, 0.15) is 44.1 Å². The molecule has 1 aliphatic heterocycles. The highest BCUT2D eigenvalue weighted by atomic mass is 32.2. The first kappa shape index (κ1) is 14.3. The third kappa shape index (κ3) is 2.99. The van der Waals surface area contributed by atoms with E-state index in [1.807, 2.05) is 11.8 Å². The molecule has 1 aliphatic carbocycles. The molecule has 1 unspecified atom stereocenters. The van der Waals surface area contributed by atoms with Gasteiger partial charge in [0.25, 0.3) is 0 Å². The molecule has 2 fully saturated rings. The second-order valence-corrected chi connectivity index (χ2v) is 7.32. The van der Waals surface area contributed by atoms with Gasteiger partial charge in [0.1, 0.15) is 11.9 Å². The van der Waals surface area contributed by atoms with E-state index in [0.717, 1.165) is 18.0 Å². The summed E-state index contributed by atoms with van der Waals surface area (Å²) in [5.74, 6) is 3.39. The summed E-state index contributed by atoms with van der Waals surface area (Å²) in [7, 11) is 0. The largest absolute Gasteiger partial charge is 0.490 e. The first-order valence-electron chi connectivity index (χ1n) is 7.87. The van der Waals surface area contributed by atoms with Gasteiger partial charge in [0.05, 0.1) is 0 Å². The molecule has 1 heterocycles. The average Bonchev–Trinajstić information content (AvgIpc) is 3.02. The maximum atomic E-state index is 6.11. The lowest BCUT2D eigenvalue weighted by molar-refractivity contribution is 0.229. The van der Waals surface area contributed by atoms with Gasteiger partial charge in [0.15, 0.2) is 0 Å². The lowest BCUT2D eigenvalue weighted by Crippen LogP contribution is -2.37. The van der Waals surface area contributed by atoms with E-state index in [2.05, 4.69) is 24.3 Å². The van der Waals surface area contributed by atoms with E-state index < -0.39 is 0 Å². The second kappa shape index (κ2) is 6.40. The maximum Gasteiger partial charge on any atom is 0.119 e. The monoisotopic (exact) mass is 291 g/mol. The van der Waals surface area contributed by atoms with Crippen LogP contribution in [0.4, 0.5) is 0 Å². The molecule has 110 valence electrons. The Morgan fingerprint density at radius 3 is 2.50 bits per heavy atom. The van der Waals surface area contributed by atoms with Gasteiger partial charge in [0, 0.05) is 17.7 Å². The number of hydrogen-bond acceptors (Lipinski definition) is 3. The van der Waals surface area contributed by atoms with E-state index in [1.54, 1.807) is 0 Å². The molecule has 1 atom stereocenters. The van der Waals surface area contributed by atoms with Gasteiger partial charge in [-0.2, -0.15) is 11.8 Å². The number of hydrogen-bond donors (Lipinski definition) is 1. The lowest BCUT2D eigenvalue weighted by Gasteiger charge is -2.37. The van der Waals surface area contributed by atoms with Crippen molar-refractivity contribution in [2.75, 3.05) is 18.1 Å². The van der Waals surface area contributed by atoms with Gasteiger partial charge < -0.3 is 10.5 Å². The van der Waals surface area contributed by atoms with Crippen molar-refractivity contribution in [3.05, 3.63) is 29.8 Å². The number of ether oxygens (including phenoxy) is 1. The predicted octanol–water partition coefficient (Wildman–Crippen LogP) is 3.73. The van der Waals surface area contributed by atoms with E-state index >= 15 is 0 Å². The molecule has 3 heteroatoms. The molecule has 0 aromatic heterocycles. The predicted molar refractivity (Wildman–Crippen MR) is 86.6 cm³/mol. The minimum atomic E-state index is 0.222. The summed E-state index contributed by atoms with van der Waals surface area (Å²) in [4.78, 5) is 0. The van der Waals surface area contributed by atoms with E-state index in [1.165, 1.54) is 49.8 Å². The topological polar surface area (TPSA) is 35.2 Å². The first-order chi connectivity index (χ1) is 9.82. The normalized spacial score (nSPS) is 25.6. The van der Waals surface area contributed by atoms with Gasteiger partial charge in [-0.05, 0) is 42.7 Å². The van der Waals surface area contributed by atoms with Gasteiger partial charge in [-0.15, -0.1) is 0 Å². The number of rotatable bonds is 4. The summed E-state index contributed by atoms with van der Waals surface area (Å²) < 4.78 is 6.03. The van der Waals surface area contributed by atoms with Crippen LogP contribution in [-0.2, 0) is 5.41 Å². The van der Waals surface area contributed by atoms with Gasteiger partial charge in [-0.1, -0.05) is 31.4 Å². The Balaban J connectivity index is 1.70. The molecule has 1 saturated carbocycles. The van der Waals surface area contributed by atoms with Crippen molar-refractivity contribution < 1.29 is 4.74 Å². The summed E-state index contributed by atoms with van der Waals surface area (Å²) in [5, 5.41) is 0. The SMILES string of the molecule is NCC1(c2ccc(OC3CCSC3)cc2)CCCCC1. The highest BCUT2D eigenvalue weighted by molar-refractivity contribution is 7.99. The van der Waals surface area contributed by atoms with Crippen molar-refractivity contribution in [1.29, 1.82) is 0 Å². The number of nitrogens with two attached hydrogens (primary N) is 1.